The molecule has 0 aliphatic heterocycles. The second-order valence-corrected chi connectivity index (χ2v) is 4.55. The number of pyridine rings is 1. The van der Waals surface area contributed by atoms with Gasteiger partial charge >= 0.3 is 0 Å². The van der Waals surface area contributed by atoms with Crippen LogP contribution in [0.3, 0.4) is 0 Å². The molecular weight excluding hydrogens is 255 g/mol. The Morgan fingerprint density at radius 3 is 2.71 bits per heavy atom. The smallest absolute Gasteiger partial charge is 0.0603 e. The summed E-state index contributed by atoms with van der Waals surface area (Å²) in [4.78, 5) is 4.21. The first kappa shape index (κ1) is 12.2. The molecule has 0 fully saturated rings. The molecule has 0 saturated heterocycles. The number of aryl methyl sites for hydroxylation is 1. The van der Waals surface area contributed by atoms with Crippen LogP contribution in [0.1, 0.15) is 11.3 Å². The molecule has 17 heavy (non-hydrogen) atoms. The summed E-state index contributed by atoms with van der Waals surface area (Å²) < 4.78 is 0. The summed E-state index contributed by atoms with van der Waals surface area (Å²) in [6, 6.07) is 9.52. The number of nitrogens with one attached hydrogen (secondary N) is 1. The van der Waals surface area contributed by atoms with E-state index in [4.69, 9.17) is 23.2 Å². The molecule has 1 heterocycles. The largest absolute Gasteiger partial charge is 0.380 e. The number of hydrogen-bond donors (Lipinski definition) is 1. The van der Waals surface area contributed by atoms with Crippen molar-refractivity contribution in [3.8, 4) is 0 Å². The van der Waals surface area contributed by atoms with Gasteiger partial charge in [-0.15, -0.1) is 0 Å². The van der Waals surface area contributed by atoms with Gasteiger partial charge < -0.3 is 5.32 Å². The maximum atomic E-state index is 5.95. The van der Waals surface area contributed by atoms with Crippen molar-refractivity contribution in [3.05, 3.63) is 57.8 Å². The van der Waals surface area contributed by atoms with E-state index in [0.29, 0.717) is 16.6 Å². The first-order valence-corrected chi connectivity index (χ1v) is 6.02. The molecule has 0 aliphatic rings. The first-order chi connectivity index (χ1) is 8.16. The van der Waals surface area contributed by atoms with Crippen LogP contribution in [0.4, 0.5) is 5.69 Å². The first-order valence-electron chi connectivity index (χ1n) is 5.26. The summed E-state index contributed by atoms with van der Waals surface area (Å²) in [5, 5.41) is 4.47. The summed E-state index contributed by atoms with van der Waals surface area (Å²) in [6.07, 6.45) is 1.78. The van der Waals surface area contributed by atoms with Gasteiger partial charge in [0.2, 0.25) is 0 Å². The summed E-state index contributed by atoms with van der Waals surface area (Å²) in [5.41, 5.74) is 3.09. The topological polar surface area (TPSA) is 24.9 Å². The second kappa shape index (κ2) is 5.39. The summed E-state index contributed by atoms with van der Waals surface area (Å²) in [7, 11) is 0. The minimum absolute atomic E-state index is 0.577. The van der Waals surface area contributed by atoms with Crippen LogP contribution in [-0.2, 0) is 6.54 Å². The SMILES string of the molecule is Cc1ncccc1NCc1ccc(Cl)c(Cl)c1. The Hall–Kier alpha value is -1.25. The number of anilines is 1. The molecule has 2 aromatic rings. The molecule has 2 nitrogen and oxygen atoms in total. The Kier molecular flexibility index (Phi) is 3.87. The second-order valence-electron chi connectivity index (χ2n) is 3.74. The number of rotatable bonds is 3. The third-order valence-corrected chi connectivity index (χ3v) is 3.21. The molecule has 88 valence electrons. The molecule has 0 bridgehead atoms. The van der Waals surface area contributed by atoms with Crippen LogP contribution >= 0.6 is 23.2 Å². The third kappa shape index (κ3) is 3.11. The zero-order valence-electron chi connectivity index (χ0n) is 9.37. The van der Waals surface area contributed by atoms with Crippen molar-refractivity contribution >= 4 is 28.9 Å². The van der Waals surface area contributed by atoms with Gasteiger partial charge in [0.15, 0.2) is 0 Å². The van der Waals surface area contributed by atoms with E-state index in [9.17, 15) is 0 Å². The van der Waals surface area contributed by atoms with Crippen LogP contribution in [-0.4, -0.2) is 4.98 Å². The van der Waals surface area contributed by atoms with Crippen LogP contribution in [0, 0.1) is 6.92 Å². The van der Waals surface area contributed by atoms with Crippen molar-refractivity contribution in [2.24, 2.45) is 0 Å². The van der Waals surface area contributed by atoms with E-state index in [-0.39, 0.29) is 0 Å². The van der Waals surface area contributed by atoms with Crippen molar-refractivity contribution < 1.29 is 0 Å². The fourth-order valence-corrected chi connectivity index (χ4v) is 1.84. The lowest BCUT2D eigenvalue weighted by atomic mass is 10.2. The fourth-order valence-electron chi connectivity index (χ4n) is 1.52. The van der Waals surface area contributed by atoms with E-state index in [1.54, 1.807) is 12.3 Å². The van der Waals surface area contributed by atoms with E-state index in [1.807, 2.05) is 31.2 Å². The van der Waals surface area contributed by atoms with Crippen LogP contribution in [0.25, 0.3) is 0 Å². The average Bonchev–Trinajstić information content (AvgIpc) is 2.32. The predicted octanol–water partition coefficient (Wildman–Crippen LogP) is 4.31. The standard InChI is InChI=1S/C13H12Cl2N2/c1-9-13(3-2-6-16-9)17-8-10-4-5-11(14)12(15)7-10/h2-7,17H,8H2,1H3. The highest BCUT2D eigenvalue weighted by Crippen LogP contribution is 2.23. The van der Waals surface area contributed by atoms with Crippen molar-refractivity contribution in [2.75, 3.05) is 5.32 Å². The Bertz CT molecular complexity index is 527. The highest BCUT2D eigenvalue weighted by atomic mass is 35.5. The van der Waals surface area contributed by atoms with Crippen molar-refractivity contribution in [1.82, 2.24) is 4.98 Å². The summed E-state index contributed by atoms with van der Waals surface area (Å²) >= 11 is 11.8. The zero-order valence-corrected chi connectivity index (χ0v) is 10.9. The molecule has 0 radical (unpaired) electrons. The molecule has 1 aromatic heterocycles. The average molecular weight is 267 g/mol. The number of nitrogens with zero attached hydrogens (tertiary/aromatic N) is 1. The maximum Gasteiger partial charge on any atom is 0.0603 e. The van der Waals surface area contributed by atoms with Gasteiger partial charge in [-0.1, -0.05) is 29.3 Å². The molecule has 0 unspecified atom stereocenters. The number of hydrogen-bond acceptors (Lipinski definition) is 2. The zero-order chi connectivity index (χ0) is 12.3. The maximum absolute atomic E-state index is 5.95. The Labute approximate surface area is 111 Å². The van der Waals surface area contributed by atoms with Gasteiger partial charge in [-0.25, -0.2) is 0 Å². The molecule has 0 aliphatic carbocycles. The Morgan fingerprint density at radius 2 is 2.00 bits per heavy atom. The van der Waals surface area contributed by atoms with E-state index in [0.717, 1.165) is 16.9 Å². The molecule has 0 saturated carbocycles. The quantitative estimate of drug-likeness (QED) is 0.896. The number of halogens is 2. The van der Waals surface area contributed by atoms with Crippen LogP contribution in [0.15, 0.2) is 36.5 Å². The molecule has 0 spiro atoms. The summed E-state index contributed by atoms with van der Waals surface area (Å²) in [6.45, 7) is 2.67. The van der Waals surface area contributed by atoms with Crippen LogP contribution in [0.5, 0.6) is 0 Å². The van der Waals surface area contributed by atoms with Crippen molar-refractivity contribution in [2.45, 2.75) is 13.5 Å². The van der Waals surface area contributed by atoms with Crippen LogP contribution < -0.4 is 5.32 Å². The van der Waals surface area contributed by atoms with Crippen molar-refractivity contribution in [1.29, 1.82) is 0 Å². The molecule has 0 amide bonds. The highest BCUT2D eigenvalue weighted by Gasteiger charge is 2.01. The van der Waals surface area contributed by atoms with E-state index in [1.165, 1.54) is 0 Å². The number of aromatic nitrogens is 1. The lowest BCUT2D eigenvalue weighted by Gasteiger charge is -2.09. The normalized spacial score (nSPS) is 10.3. The fraction of sp³-hybridized carbons (Fsp3) is 0.154. The lowest BCUT2D eigenvalue weighted by Crippen LogP contribution is -2.01. The number of benzene rings is 1. The van der Waals surface area contributed by atoms with E-state index in [2.05, 4.69) is 10.3 Å². The molecule has 0 atom stereocenters. The van der Waals surface area contributed by atoms with Gasteiger partial charge in [0.05, 0.1) is 21.4 Å². The lowest BCUT2D eigenvalue weighted by molar-refractivity contribution is 1.11. The van der Waals surface area contributed by atoms with Gasteiger partial charge in [0, 0.05) is 12.7 Å². The molecule has 1 N–H and O–H groups in total. The monoisotopic (exact) mass is 266 g/mol. The molecule has 1 aromatic carbocycles. The van der Waals surface area contributed by atoms with Gasteiger partial charge in [-0.2, -0.15) is 0 Å². The summed E-state index contributed by atoms with van der Waals surface area (Å²) in [5.74, 6) is 0. The molecule has 2 rings (SSSR count). The Balaban J connectivity index is 2.08. The highest BCUT2D eigenvalue weighted by molar-refractivity contribution is 6.42. The van der Waals surface area contributed by atoms with Gasteiger partial charge in [-0.3, -0.25) is 4.98 Å². The third-order valence-electron chi connectivity index (χ3n) is 2.47. The van der Waals surface area contributed by atoms with Crippen LogP contribution in [0.2, 0.25) is 10.0 Å². The van der Waals surface area contributed by atoms with Crippen molar-refractivity contribution in [3.63, 3.8) is 0 Å². The predicted molar refractivity (Wildman–Crippen MR) is 72.8 cm³/mol. The minimum Gasteiger partial charge on any atom is -0.380 e. The Morgan fingerprint density at radius 1 is 1.18 bits per heavy atom. The van der Waals surface area contributed by atoms with E-state index >= 15 is 0 Å². The van der Waals surface area contributed by atoms with Gasteiger partial charge in [0.1, 0.15) is 0 Å². The molecular formula is C13H12Cl2N2. The molecule has 4 heteroatoms. The van der Waals surface area contributed by atoms with E-state index < -0.39 is 0 Å². The van der Waals surface area contributed by atoms with Gasteiger partial charge in [0.25, 0.3) is 0 Å². The van der Waals surface area contributed by atoms with Gasteiger partial charge in [-0.05, 0) is 36.8 Å². The minimum atomic E-state index is 0.577.